The van der Waals surface area contributed by atoms with E-state index in [1.54, 1.807) is 0 Å². The van der Waals surface area contributed by atoms with Gasteiger partial charge in [-0.2, -0.15) is 0 Å². The molecule has 41 heavy (non-hydrogen) atoms. The molecule has 0 amide bonds. The van der Waals surface area contributed by atoms with E-state index in [0.717, 1.165) is 6.42 Å². The Bertz CT molecular complexity index is 2290. The van der Waals surface area contributed by atoms with Crippen LogP contribution in [0.3, 0.4) is 0 Å². The SMILES string of the molecule is CC12CC=CC=C1c1ccc(-c3ccc4ccc(-c5cc6ccccc6c6ccccc56)cc4c3)c3cccc2c13. The van der Waals surface area contributed by atoms with Gasteiger partial charge in [0.2, 0.25) is 0 Å². The number of allylic oxidation sites excluding steroid dienone is 4. The first-order valence-corrected chi connectivity index (χ1v) is 14.6. The van der Waals surface area contributed by atoms with Crippen LogP contribution in [0.25, 0.3) is 70.9 Å². The topological polar surface area (TPSA) is 0 Å². The minimum absolute atomic E-state index is 0.0656. The third-order valence-electron chi connectivity index (χ3n) is 9.68. The highest BCUT2D eigenvalue weighted by Gasteiger charge is 2.40. The van der Waals surface area contributed by atoms with Gasteiger partial charge in [-0.1, -0.05) is 128 Å². The molecular formula is C41H28. The van der Waals surface area contributed by atoms with Crippen molar-refractivity contribution in [3.8, 4) is 22.3 Å². The summed E-state index contributed by atoms with van der Waals surface area (Å²) in [5.74, 6) is 0. The quantitative estimate of drug-likeness (QED) is 0.199. The Morgan fingerprint density at radius 3 is 2.07 bits per heavy atom. The molecule has 0 fully saturated rings. The molecule has 1 atom stereocenters. The summed E-state index contributed by atoms with van der Waals surface area (Å²) in [5, 5.41) is 10.5. The first-order valence-electron chi connectivity index (χ1n) is 14.6. The van der Waals surface area contributed by atoms with Crippen molar-refractivity contribution in [2.45, 2.75) is 18.8 Å². The van der Waals surface area contributed by atoms with Gasteiger partial charge < -0.3 is 0 Å². The third kappa shape index (κ3) is 3.16. The van der Waals surface area contributed by atoms with E-state index in [0.29, 0.717) is 0 Å². The summed E-state index contributed by atoms with van der Waals surface area (Å²) in [5.41, 5.74) is 9.52. The molecule has 0 nitrogen and oxygen atoms in total. The lowest BCUT2D eigenvalue weighted by Gasteiger charge is -2.29. The van der Waals surface area contributed by atoms with Crippen molar-refractivity contribution in [3.63, 3.8) is 0 Å². The van der Waals surface area contributed by atoms with Crippen molar-refractivity contribution in [1.82, 2.24) is 0 Å². The average molecular weight is 521 g/mol. The second-order valence-electron chi connectivity index (χ2n) is 11.9. The summed E-state index contributed by atoms with van der Waals surface area (Å²) in [6.45, 7) is 2.41. The maximum absolute atomic E-state index is 2.41. The molecule has 0 saturated heterocycles. The van der Waals surface area contributed by atoms with Crippen molar-refractivity contribution in [1.29, 1.82) is 0 Å². The molecule has 0 radical (unpaired) electrons. The molecule has 0 bridgehead atoms. The van der Waals surface area contributed by atoms with Crippen molar-refractivity contribution in [3.05, 3.63) is 151 Å². The van der Waals surface area contributed by atoms with Crippen LogP contribution in [0.1, 0.15) is 24.5 Å². The fourth-order valence-corrected chi connectivity index (χ4v) is 7.62. The average Bonchev–Trinajstić information content (AvgIpc) is 3.29. The summed E-state index contributed by atoms with van der Waals surface area (Å²) in [6.07, 6.45) is 7.92. The van der Waals surface area contributed by atoms with Gasteiger partial charge in [0.15, 0.2) is 0 Å². The van der Waals surface area contributed by atoms with Crippen molar-refractivity contribution < 1.29 is 0 Å². The Morgan fingerprint density at radius 1 is 0.512 bits per heavy atom. The minimum atomic E-state index is 0.0656. The van der Waals surface area contributed by atoms with Gasteiger partial charge in [0.1, 0.15) is 0 Å². The van der Waals surface area contributed by atoms with E-state index in [-0.39, 0.29) is 5.41 Å². The lowest BCUT2D eigenvalue weighted by Crippen LogP contribution is -2.20. The first-order chi connectivity index (χ1) is 20.2. The second-order valence-corrected chi connectivity index (χ2v) is 11.9. The van der Waals surface area contributed by atoms with Crippen molar-refractivity contribution in [2.75, 3.05) is 0 Å². The molecule has 0 aromatic heterocycles. The van der Waals surface area contributed by atoms with Crippen LogP contribution < -0.4 is 0 Å². The summed E-state index contributed by atoms with van der Waals surface area (Å²) in [6, 6.07) is 45.4. The zero-order valence-corrected chi connectivity index (χ0v) is 23.0. The summed E-state index contributed by atoms with van der Waals surface area (Å²) in [7, 11) is 0. The standard InChI is InChI=1S/C41H28/c1-41-22-7-6-14-38(41)36-21-20-32(35-13-8-15-39(41)40(35)36)28-18-16-26-17-19-29(24-30(26)23-28)37-25-27-9-2-3-10-31(27)33-11-4-5-12-34(33)37/h2-21,23-25H,22H2,1H3. The van der Waals surface area contributed by atoms with Crippen molar-refractivity contribution >= 4 is 48.7 Å². The highest BCUT2D eigenvalue weighted by molar-refractivity contribution is 6.14. The van der Waals surface area contributed by atoms with E-state index in [1.807, 2.05) is 0 Å². The molecule has 0 heterocycles. The van der Waals surface area contributed by atoms with E-state index >= 15 is 0 Å². The van der Waals surface area contributed by atoms with E-state index in [9.17, 15) is 0 Å². The van der Waals surface area contributed by atoms with Crippen LogP contribution in [0.4, 0.5) is 0 Å². The van der Waals surface area contributed by atoms with E-state index in [4.69, 9.17) is 0 Å². The molecular weight excluding hydrogens is 492 g/mol. The zero-order chi connectivity index (χ0) is 27.1. The van der Waals surface area contributed by atoms with Crippen LogP contribution >= 0.6 is 0 Å². The predicted octanol–water partition coefficient (Wildman–Crippen LogP) is 11.2. The van der Waals surface area contributed by atoms with E-state index < -0.39 is 0 Å². The number of fused-ring (bicyclic) bond motifs is 7. The van der Waals surface area contributed by atoms with Gasteiger partial charge in [0.25, 0.3) is 0 Å². The molecule has 0 aliphatic heterocycles. The Balaban J connectivity index is 1.24. The summed E-state index contributed by atoms with van der Waals surface area (Å²) >= 11 is 0. The smallest absolute Gasteiger partial charge is 0.0221 e. The van der Waals surface area contributed by atoms with Crippen LogP contribution in [0.2, 0.25) is 0 Å². The van der Waals surface area contributed by atoms with Crippen molar-refractivity contribution in [2.24, 2.45) is 0 Å². The van der Waals surface area contributed by atoms with Crippen LogP contribution in [0.15, 0.2) is 140 Å². The Kier molecular flexibility index (Phi) is 4.61. The van der Waals surface area contributed by atoms with E-state index in [2.05, 4.69) is 146 Å². The number of rotatable bonds is 2. The van der Waals surface area contributed by atoms with Gasteiger partial charge in [0, 0.05) is 5.41 Å². The zero-order valence-electron chi connectivity index (χ0n) is 23.0. The maximum atomic E-state index is 2.41. The number of hydrogen-bond acceptors (Lipinski definition) is 0. The van der Waals surface area contributed by atoms with Crippen LogP contribution in [0, 0.1) is 0 Å². The Labute approximate surface area is 239 Å². The van der Waals surface area contributed by atoms with Gasteiger partial charge >= 0.3 is 0 Å². The highest BCUT2D eigenvalue weighted by atomic mass is 14.4. The lowest BCUT2D eigenvalue weighted by atomic mass is 9.74. The molecule has 0 heteroatoms. The fraction of sp³-hybridized carbons (Fsp3) is 0.0732. The monoisotopic (exact) mass is 520 g/mol. The molecule has 0 N–H and O–H groups in total. The third-order valence-corrected chi connectivity index (χ3v) is 9.68. The van der Waals surface area contributed by atoms with Gasteiger partial charge in [-0.15, -0.1) is 0 Å². The van der Waals surface area contributed by atoms with Gasteiger partial charge in [-0.3, -0.25) is 0 Å². The highest BCUT2D eigenvalue weighted by Crippen LogP contribution is 2.54. The molecule has 7 aromatic carbocycles. The molecule has 1 unspecified atom stereocenters. The molecule has 0 spiro atoms. The number of benzene rings is 7. The van der Waals surface area contributed by atoms with Crippen LogP contribution in [-0.2, 0) is 5.41 Å². The molecule has 0 saturated carbocycles. The van der Waals surface area contributed by atoms with Gasteiger partial charge in [-0.25, -0.2) is 0 Å². The summed E-state index contributed by atoms with van der Waals surface area (Å²) < 4.78 is 0. The van der Waals surface area contributed by atoms with E-state index in [1.165, 1.54) is 82.0 Å². The Hall–Kier alpha value is -4.94. The van der Waals surface area contributed by atoms with Gasteiger partial charge in [0.05, 0.1) is 0 Å². The molecule has 2 aliphatic rings. The second kappa shape index (κ2) is 8.29. The Morgan fingerprint density at radius 2 is 1.22 bits per heavy atom. The maximum Gasteiger partial charge on any atom is 0.0221 e. The minimum Gasteiger partial charge on any atom is -0.0833 e. The molecule has 9 rings (SSSR count). The largest absolute Gasteiger partial charge is 0.0833 e. The lowest BCUT2D eigenvalue weighted by molar-refractivity contribution is 0.637. The molecule has 2 aliphatic carbocycles. The van der Waals surface area contributed by atoms with Crippen LogP contribution in [0.5, 0.6) is 0 Å². The van der Waals surface area contributed by atoms with Crippen LogP contribution in [-0.4, -0.2) is 0 Å². The predicted molar refractivity (Wildman–Crippen MR) is 176 cm³/mol. The fourth-order valence-electron chi connectivity index (χ4n) is 7.62. The molecule has 192 valence electrons. The molecule has 7 aromatic rings. The number of hydrogen-bond donors (Lipinski definition) is 0. The first kappa shape index (κ1) is 22.8. The normalized spacial score (nSPS) is 17.4. The van der Waals surface area contributed by atoms with Gasteiger partial charge in [-0.05, 0) is 107 Å². The summed E-state index contributed by atoms with van der Waals surface area (Å²) in [4.78, 5) is 0.